The fourth-order valence-corrected chi connectivity index (χ4v) is 4.38. The molecule has 2 aromatic heterocycles. The van der Waals surface area contributed by atoms with Gasteiger partial charge in [-0.3, -0.25) is 0 Å². The van der Waals surface area contributed by atoms with Crippen LogP contribution in [0.4, 0.5) is 17.2 Å². The van der Waals surface area contributed by atoms with E-state index in [1.807, 2.05) is 19.1 Å². The molecule has 2 heterocycles. The molecule has 5 rings (SSSR count). The van der Waals surface area contributed by atoms with Crippen molar-refractivity contribution < 1.29 is 4.74 Å². The lowest BCUT2D eigenvalue weighted by atomic mass is 9.95. The molecular weight excluding hydrogens is 364 g/mol. The maximum Gasteiger partial charge on any atom is 0.219 e. The number of hydrogen-bond donors (Lipinski definition) is 1. The summed E-state index contributed by atoms with van der Waals surface area (Å²) in [5, 5.41) is 6.18. The number of anilines is 2. The molecule has 0 amide bonds. The van der Waals surface area contributed by atoms with E-state index in [1.165, 1.54) is 36.0 Å². The summed E-state index contributed by atoms with van der Waals surface area (Å²) in [6.07, 6.45) is 8.21. The third-order valence-electron chi connectivity index (χ3n) is 6.18. The molecule has 6 heteroatoms. The molecule has 0 aliphatic heterocycles. The number of nitrogens with zero attached hydrogens (tertiary/aromatic N) is 3. The summed E-state index contributed by atoms with van der Waals surface area (Å²) in [4.78, 5) is 19.7. The Hall–Kier alpha value is -3.28. The Bertz CT molecular complexity index is 1100. The number of benzene rings is 1. The monoisotopic (exact) mass is 386 g/mol. The van der Waals surface area contributed by atoms with Crippen LogP contribution in [-0.4, -0.2) is 9.97 Å². The third-order valence-corrected chi connectivity index (χ3v) is 6.18. The number of aromatic nitrogens is 2. The maximum atomic E-state index is 11.1. The number of nitroso groups, excluding NO2 is 1. The zero-order valence-corrected chi connectivity index (χ0v) is 16.5. The topological polar surface area (TPSA) is 76.5 Å². The van der Waals surface area contributed by atoms with Crippen molar-refractivity contribution >= 4 is 17.2 Å². The summed E-state index contributed by atoms with van der Waals surface area (Å²) in [7, 11) is 0. The van der Waals surface area contributed by atoms with Crippen molar-refractivity contribution in [2.45, 2.75) is 44.9 Å². The summed E-state index contributed by atoms with van der Waals surface area (Å²) in [6.45, 7) is 4.01. The van der Waals surface area contributed by atoms with Gasteiger partial charge in [0.25, 0.3) is 0 Å². The van der Waals surface area contributed by atoms with Gasteiger partial charge < -0.3 is 10.1 Å². The lowest BCUT2D eigenvalue weighted by Gasteiger charge is -2.16. The van der Waals surface area contributed by atoms with Crippen molar-refractivity contribution in [3.8, 4) is 11.6 Å². The highest BCUT2D eigenvalue weighted by molar-refractivity contribution is 5.70. The normalized spacial score (nSPS) is 15.8. The molecule has 0 atom stereocenters. The first-order valence-corrected chi connectivity index (χ1v) is 9.92. The molecule has 6 nitrogen and oxygen atoms in total. The van der Waals surface area contributed by atoms with Crippen LogP contribution in [0.25, 0.3) is 0 Å². The van der Waals surface area contributed by atoms with Gasteiger partial charge in [0.2, 0.25) is 5.88 Å². The Kier molecular flexibility index (Phi) is 4.08. The van der Waals surface area contributed by atoms with E-state index in [0.29, 0.717) is 28.5 Å². The van der Waals surface area contributed by atoms with E-state index < -0.39 is 0 Å². The second kappa shape index (κ2) is 6.65. The van der Waals surface area contributed by atoms with Crippen LogP contribution < -0.4 is 10.1 Å². The van der Waals surface area contributed by atoms with E-state index >= 15 is 0 Å². The second-order valence-corrected chi connectivity index (χ2v) is 8.04. The van der Waals surface area contributed by atoms with Crippen LogP contribution in [0, 0.1) is 18.8 Å². The van der Waals surface area contributed by atoms with Crippen LogP contribution in [0.15, 0.2) is 47.9 Å². The average Bonchev–Trinajstić information content (AvgIpc) is 3.39. The molecule has 29 heavy (non-hydrogen) atoms. The Balaban J connectivity index is 1.38. The van der Waals surface area contributed by atoms with E-state index in [1.54, 1.807) is 18.5 Å². The average molecular weight is 386 g/mol. The van der Waals surface area contributed by atoms with Gasteiger partial charge in [0.15, 0.2) is 11.5 Å². The van der Waals surface area contributed by atoms with Crippen molar-refractivity contribution in [2.24, 2.45) is 5.18 Å². The van der Waals surface area contributed by atoms with Gasteiger partial charge in [-0.2, -0.15) is 0 Å². The second-order valence-electron chi connectivity index (χ2n) is 8.04. The molecule has 0 bridgehead atoms. The zero-order chi connectivity index (χ0) is 20.0. The van der Waals surface area contributed by atoms with Crippen molar-refractivity contribution in [1.82, 2.24) is 9.97 Å². The highest BCUT2D eigenvalue weighted by atomic mass is 16.5. The summed E-state index contributed by atoms with van der Waals surface area (Å²) in [5.41, 5.74) is 6.34. The SMILES string of the molecule is Cc1ccc(Oc2ccc(Nc3nccc(C)c3N=O)cn2)c2c1CCC21CC1. The van der Waals surface area contributed by atoms with Gasteiger partial charge in [-0.25, -0.2) is 9.97 Å². The summed E-state index contributed by atoms with van der Waals surface area (Å²) in [6, 6.07) is 9.66. The van der Waals surface area contributed by atoms with Gasteiger partial charge in [-0.05, 0) is 85.0 Å². The largest absolute Gasteiger partial charge is 0.439 e. The number of rotatable bonds is 5. The Morgan fingerprint density at radius 1 is 1.03 bits per heavy atom. The first-order chi connectivity index (χ1) is 14.1. The zero-order valence-electron chi connectivity index (χ0n) is 16.5. The molecule has 0 radical (unpaired) electrons. The molecule has 146 valence electrons. The van der Waals surface area contributed by atoms with Crippen molar-refractivity contribution in [3.63, 3.8) is 0 Å². The molecular formula is C23H22N4O2. The lowest BCUT2D eigenvalue weighted by molar-refractivity contribution is 0.451. The van der Waals surface area contributed by atoms with Crippen molar-refractivity contribution in [2.75, 3.05) is 5.32 Å². The summed E-state index contributed by atoms with van der Waals surface area (Å²) >= 11 is 0. The molecule has 3 aromatic rings. The van der Waals surface area contributed by atoms with Gasteiger partial charge in [0.1, 0.15) is 5.75 Å². The number of fused-ring (bicyclic) bond motifs is 2. The highest BCUT2D eigenvalue weighted by Gasteiger charge is 2.50. The van der Waals surface area contributed by atoms with Crippen LogP contribution in [0.1, 0.15) is 41.5 Å². The van der Waals surface area contributed by atoms with Crippen LogP contribution in [-0.2, 0) is 11.8 Å². The minimum absolute atomic E-state index is 0.303. The van der Waals surface area contributed by atoms with E-state index in [0.717, 1.165) is 17.7 Å². The molecule has 1 N–H and O–H groups in total. The van der Waals surface area contributed by atoms with Gasteiger partial charge in [-0.1, -0.05) is 6.07 Å². The molecule has 0 saturated heterocycles. The Labute approximate surface area is 169 Å². The Morgan fingerprint density at radius 3 is 2.62 bits per heavy atom. The standard InChI is InChI=1S/C23H22N4O2/c1-14-3-5-18(20-17(14)7-9-23(20)10-11-23)29-19-6-4-16(13-25-19)26-22-21(27-28)15(2)8-12-24-22/h3-6,8,12-13H,7,9-11H2,1-2H3,(H,24,26). The third kappa shape index (κ3) is 3.05. The number of ether oxygens (including phenoxy) is 1. The Morgan fingerprint density at radius 2 is 1.90 bits per heavy atom. The predicted octanol–water partition coefficient (Wildman–Crippen LogP) is 6.01. The molecule has 1 aromatic carbocycles. The molecule has 2 aliphatic rings. The quantitative estimate of drug-likeness (QED) is 0.544. The van der Waals surface area contributed by atoms with Crippen molar-refractivity contribution in [1.29, 1.82) is 0 Å². The molecule has 0 unspecified atom stereocenters. The maximum absolute atomic E-state index is 11.1. The van der Waals surface area contributed by atoms with Crippen molar-refractivity contribution in [3.05, 3.63) is 69.9 Å². The smallest absolute Gasteiger partial charge is 0.219 e. The molecule has 1 spiro atoms. The van der Waals surface area contributed by atoms with Gasteiger partial charge >= 0.3 is 0 Å². The van der Waals surface area contributed by atoms with Crippen LogP contribution in [0.2, 0.25) is 0 Å². The molecule has 1 saturated carbocycles. The van der Waals surface area contributed by atoms with Gasteiger partial charge in [-0.15, -0.1) is 4.91 Å². The number of nitrogens with one attached hydrogen (secondary N) is 1. The summed E-state index contributed by atoms with van der Waals surface area (Å²) in [5.74, 6) is 1.90. The predicted molar refractivity (Wildman–Crippen MR) is 112 cm³/mol. The molecule has 2 aliphatic carbocycles. The van der Waals surface area contributed by atoms with Crippen LogP contribution >= 0.6 is 0 Å². The number of hydrogen-bond acceptors (Lipinski definition) is 6. The van der Waals surface area contributed by atoms with Crippen LogP contribution in [0.5, 0.6) is 11.6 Å². The van der Waals surface area contributed by atoms with Crippen LogP contribution in [0.3, 0.4) is 0 Å². The first kappa shape index (κ1) is 17.8. The fraction of sp³-hybridized carbons (Fsp3) is 0.304. The minimum atomic E-state index is 0.303. The number of pyridine rings is 2. The first-order valence-electron chi connectivity index (χ1n) is 9.92. The van der Waals surface area contributed by atoms with E-state index in [4.69, 9.17) is 4.74 Å². The highest BCUT2D eigenvalue weighted by Crippen LogP contribution is 2.60. The minimum Gasteiger partial charge on any atom is -0.439 e. The fourth-order valence-electron chi connectivity index (χ4n) is 4.38. The van der Waals surface area contributed by atoms with E-state index in [-0.39, 0.29) is 0 Å². The lowest BCUT2D eigenvalue weighted by Crippen LogP contribution is -2.04. The summed E-state index contributed by atoms with van der Waals surface area (Å²) < 4.78 is 6.20. The van der Waals surface area contributed by atoms with E-state index in [2.05, 4.69) is 39.5 Å². The number of aryl methyl sites for hydroxylation is 2. The van der Waals surface area contributed by atoms with Gasteiger partial charge in [0.05, 0.1) is 11.9 Å². The molecule has 1 fully saturated rings. The van der Waals surface area contributed by atoms with E-state index in [9.17, 15) is 4.91 Å². The van der Waals surface area contributed by atoms with Gasteiger partial charge in [0, 0.05) is 17.8 Å².